The monoisotopic (exact) mass is 618 g/mol. The number of carbonyl (C=O) groups excluding carboxylic acids is 1. The number of ether oxygens (including phenoxy) is 2. The van der Waals surface area contributed by atoms with E-state index in [0.717, 1.165) is 25.9 Å². The van der Waals surface area contributed by atoms with E-state index in [9.17, 15) is 4.79 Å². The van der Waals surface area contributed by atoms with Gasteiger partial charge in [-0.1, -0.05) is 40.2 Å². The maximum absolute atomic E-state index is 12.3. The van der Waals surface area contributed by atoms with Crippen molar-refractivity contribution < 1.29 is 18.8 Å². The Labute approximate surface area is 255 Å². The van der Waals surface area contributed by atoms with Gasteiger partial charge in [0.05, 0.1) is 36.4 Å². The van der Waals surface area contributed by atoms with Crippen molar-refractivity contribution in [3.8, 4) is 0 Å². The zero-order valence-electron chi connectivity index (χ0n) is 26.0. The van der Waals surface area contributed by atoms with Gasteiger partial charge < -0.3 is 19.7 Å². The van der Waals surface area contributed by atoms with Gasteiger partial charge in [0.25, 0.3) is 0 Å². The van der Waals surface area contributed by atoms with Crippen LogP contribution in [0.3, 0.4) is 0 Å². The molecule has 1 aliphatic heterocycles. The Kier molecular flexibility index (Phi) is 16.8. The Morgan fingerprint density at radius 3 is 2.49 bits per heavy atom. The molecule has 238 valence electrons. The molecule has 10 unspecified atom stereocenters. The van der Waals surface area contributed by atoms with Gasteiger partial charge in [-0.3, -0.25) is 30.6 Å². The maximum atomic E-state index is 12.3. The molecular formula is C29H56ClN6O4P. The van der Waals surface area contributed by atoms with Gasteiger partial charge in [-0.2, -0.15) is 0 Å². The first-order valence-electron chi connectivity index (χ1n) is 15.2. The third-order valence-electron chi connectivity index (χ3n) is 8.72. The van der Waals surface area contributed by atoms with E-state index in [2.05, 4.69) is 58.8 Å². The number of carbonyl (C=O) groups is 1. The summed E-state index contributed by atoms with van der Waals surface area (Å²) in [5, 5.41) is 18.0. The summed E-state index contributed by atoms with van der Waals surface area (Å²) in [7, 11) is 7.48. The first-order valence-corrected chi connectivity index (χ1v) is 16.0. The minimum absolute atomic E-state index is 0.0295. The Balaban J connectivity index is 0.00000287. The number of halogens is 1. The fourth-order valence-corrected chi connectivity index (χ4v) is 6.90. The molecule has 5 N–H and O–H groups in total. The highest BCUT2D eigenvalue weighted by Crippen LogP contribution is 2.31. The predicted molar refractivity (Wildman–Crippen MR) is 168 cm³/mol. The van der Waals surface area contributed by atoms with Gasteiger partial charge in [0.2, 0.25) is 5.91 Å². The molecule has 1 heterocycles. The minimum Gasteiger partial charge on any atom is -0.382 e. The van der Waals surface area contributed by atoms with Crippen molar-refractivity contribution in [3.63, 3.8) is 0 Å². The highest BCUT2D eigenvalue weighted by Gasteiger charge is 2.40. The number of alkyl halides is 1. The average Bonchev–Trinajstić information content (AvgIpc) is 2.94. The molecule has 1 amide bonds. The fraction of sp³-hybridized carbons (Fsp3) is 0.897. The van der Waals surface area contributed by atoms with E-state index in [-0.39, 0.29) is 48.0 Å². The van der Waals surface area contributed by atoms with Crippen LogP contribution >= 0.6 is 20.7 Å². The van der Waals surface area contributed by atoms with Gasteiger partial charge >= 0.3 is 0 Å². The van der Waals surface area contributed by atoms with Crippen LogP contribution in [0.15, 0.2) is 12.7 Å². The first-order chi connectivity index (χ1) is 19.6. The summed E-state index contributed by atoms with van der Waals surface area (Å²) in [6.45, 7) is 12.6. The number of rotatable bonds is 13. The normalized spacial score (nSPS) is 34.9. The topological polar surface area (TPSA) is 116 Å². The molecule has 10 nitrogen and oxygen atoms in total. The lowest BCUT2D eigenvalue weighted by Gasteiger charge is -2.46. The molecule has 2 aliphatic carbocycles. The van der Waals surface area contributed by atoms with Crippen LogP contribution in [0, 0.1) is 17.8 Å². The lowest BCUT2D eigenvalue weighted by molar-refractivity contribution is -0.123. The maximum Gasteiger partial charge on any atom is 0.243 e. The molecule has 0 aromatic rings. The number of methoxy groups -OCH3 is 1. The lowest BCUT2D eigenvalue weighted by atomic mass is 9.77. The third kappa shape index (κ3) is 11.7. The Morgan fingerprint density at radius 1 is 1.15 bits per heavy atom. The zero-order valence-corrected chi connectivity index (χ0v) is 27.7. The number of nitrogens with one attached hydrogen (secondary N) is 5. The van der Waals surface area contributed by atoms with Crippen molar-refractivity contribution in [2.45, 2.75) is 107 Å². The van der Waals surface area contributed by atoms with E-state index in [1.165, 1.54) is 31.8 Å². The summed E-state index contributed by atoms with van der Waals surface area (Å²) in [6.07, 6.45) is 7.80. The van der Waals surface area contributed by atoms with E-state index >= 15 is 0 Å². The van der Waals surface area contributed by atoms with Crippen LogP contribution in [0.1, 0.15) is 59.3 Å². The summed E-state index contributed by atoms with van der Waals surface area (Å²) in [5.74, 6) is 1.52. The summed E-state index contributed by atoms with van der Waals surface area (Å²) in [4.78, 5) is 14.5. The van der Waals surface area contributed by atoms with Gasteiger partial charge in [-0.05, 0) is 63.6 Å². The summed E-state index contributed by atoms with van der Waals surface area (Å²) in [6, 6.07) is 0.548. The second kappa shape index (κ2) is 18.9. The van der Waals surface area contributed by atoms with Crippen molar-refractivity contribution in [1.82, 2.24) is 31.5 Å². The van der Waals surface area contributed by atoms with Crippen LogP contribution < -0.4 is 26.6 Å². The predicted octanol–water partition coefficient (Wildman–Crippen LogP) is 2.70. The molecule has 0 aromatic heterocycles. The SMILES string of the molecule is C=CC(=O)NC1CC(NC2NCC(Cl)C(NC3CCCCC3C(C)C)N2)C(C)CC1OC(COC)CN(C)C.O=P. The molecule has 0 spiro atoms. The van der Waals surface area contributed by atoms with E-state index in [1.807, 2.05) is 14.1 Å². The van der Waals surface area contributed by atoms with E-state index in [1.54, 1.807) is 16.2 Å². The number of nitrogens with zero attached hydrogens (tertiary/aromatic N) is 1. The standard InChI is InChI=1S/C29H55ClN6O3.HOP/c1-8-27(37)32-25-14-24(19(4)13-26(25)39-20(17-38-7)16-36(5)6)34-29-31-15-22(30)28(35-29)33-23-12-10-9-11-21(23)18(2)3;1-2/h8,18-26,28-29,31,33-35H,1,9-17H2,2-7H3,(H,32,37);2H. The van der Waals surface area contributed by atoms with Crippen molar-refractivity contribution >= 4 is 26.6 Å². The average molecular weight is 619 g/mol. The molecule has 12 heteroatoms. The smallest absolute Gasteiger partial charge is 0.243 e. The molecule has 3 fully saturated rings. The van der Waals surface area contributed by atoms with E-state index in [0.29, 0.717) is 30.4 Å². The van der Waals surface area contributed by atoms with Crippen molar-refractivity contribution in [3.05, 3.63) is 12.7 Å². The minimum atomic E-state index is -0.173. The molecule has 3 aliphatic rings. The summed E-state index contributed by atoms with van der Waals surface area (Å²) < 4.78 is 20.0. The van der Waals surface area contributed by atoms with Gasteiger partial charge in [0.15, 0.2) is 0 Å². The second-order valence-electron chi connectivity index (χ2n) is 12.5. The van der Waals surface area contributed by atoms with Gasteiger partial charge in [-0.15, -0.1) is 11.6 Å². The number of likely N-dealkylation sites (N-methyl/N-ethyl adjacent to an activating group) is 1. The van der Waals surface area contributed by atoms with Crippen molar-refractivity contribution in [1.29, 1.82) is 0 Å². The van der Waals surface area contributed by atoms with Crippen LogP contribution in [-0.4, -0.2) is 99.9 Å². The molecular weight excluding hydrogens is 563 g/mol. The van der Waals surface area contributed by atoms with Gasteiger partial charge in [0.1, 0.15) is 15.4 Å². The second-order valence-corrected chi connectivity index (χ2v) is 13.1. The quantitative estimate of drug-likeness (QED) is 0.121. The Morgan fingerprint density at radius 2 is 1.85 bits per heavy atom. The van der Waals surface area contributed by atoms with Gasteiger partial charge in [0, 0.05) is 32.3 Å². The zero-order chi connectivity index (χ0) is 30.5. The molecule has 3 rings (SSSR count). The molecule has 0 aromatic carbocycles. The number of hydrogen-bond donors (Lipinski definition) is 5. The number of hydrogen-bond acceptors (Lipinski definition) is 9. The third-order valence-corrected chi connectivity index (χ3v) is 9.13. The van der Waals surface area contributed by atoms with Crippen LogP contribution in [0.5, 0.6) is 0 Å². The largest absolute Gasteiger partial charge is 0.382 e. The molecule has 0 radical (unpaired) electrons. The Bertz CT molecular complexity index is 784. The molecule has 10 atom stereocenters. The fourth-order valence-electron chi connectivity index (χ4n) is 6.66. The molecule has 1 saturated heterocycles. The van der Waals surface area contributed by atoms with Crippen molar-refractivity contribution in [2.24, 2.45) is 17.8 Å². The van der Waals surface area contributed by atoms with Crippen LogP contribution in [0.25, 0.3) is 0 Å². The van der Waals surface area contributed by atoms with E-state index < -0.39 is 0 Å². The summed E-state index contributed by atoms with van der Waals surface area (Å²) in [5.41, 5.74) is 0. The van der Waals surface area contributed by atoms with Crippen LogP contribution in [0.4, 0.5) is 0 Å². The summed E-state index contributed by atoms with van der Waals surface area (Å²) >= 11 is 6.79. The Hall–Kier alpha value is -0.680. The molecule has 41 heavy (non-hydrogen) atoms. The van der Waals surface area contributed by atoms with Crippen LogP contribution in [0.2, 0.25) is 0 Å². The first kappa shape index (κ1) is 36.5. The van der Waals surface area contributed by atoms with E-state index in [4.69, 9.17) is 25.6 Å². The van der Waals surface area contributed by atoms with Crippen LogP contribution in [-0.2, 0) is 18.8 Å². The lowest BCUT2D eigenvalue weighted by Crippen LogP contribution is -2.72. The van der Waals surface area contributed by atoms with Gasteiger partial charge in [-0.25, -0.2) is 0 Å². The molecule has 2 saturated carbocycles. The highest BCUT2D eigenvalue weighted by molar-refractivity contribution is 7.00. The number of amides is 1. The molecule has 0 bridgehead atoms. The highest BCUT2D eigenvalue weighted by atomic mass is 35.5. The van der Waals surface area contributed by atoms with Crippen molar-refractivity contribution in [2.75, 3.05) is 40.9 Å².